The van der Waals surface area contributed by atoms with Gasteiger partial charge < -0.3 is 9.13 Å². The predicted molar refractivity (Wildman–Crippen MR) is 177 cm³/mol. The van der Waals surface area contributed by atoms with E-state index in [-0.39, 0.29) is 0 Å². The van der Waals surface area contributed by atoms with E-state index >= 15 is 0 Å². The first-order chi connectivity index (χ1) is 21.8. The lowest BCUT2D eigenvalue weighted by Gasteiger charge is -2.15. The van der Waals surface area contributed by atoms with Crippen LogP contribution in [0.25, 0.3) is 77.5 Å². The minimum atomic E-state index is 0.868. The number of rotatable bonds is 4. The monoisotopic (exact) mass is 564 g/mol. The van der Waals surface area contributed by atoms with Crippen molar-refractivity contribution in [2.75, 3.05) is 0 Å². The molecule has 0 aliphatic heterocycles. The number of aromatic nitrogens is 6. The molecule has 0 bridgehead atoms. The molecule has 0 saturated heterocycles. The van der Waals surface area contributed by atoms with E-state index < -0.39 is 0 Å². The Kier molecular flexibility index (Phi) is 5.40. The fourth-order valence-electron chi connectivity index (χ4n) is 6.47. The van der Waals surface area contributed by atoms with Crippen molar-refractivity contribution in [3.63, 3.8) is 0 Å². The minimum absolute atomic E-state index is 0.868. The van der Waals surface area contributed by atoms with E-state index in [0.29, 0.717) is 0 Å². The second kappa shape index (κ2) is 9.71. The second-order valence-electron chi connectivity index (χ2n) is 10.9. The molecule has 6 nitrogen and oxygen atoms in total. The summed E-state index contributed by atoms with van der Waals surface area (Å²) in [5, 5.41) is 2.26. The van der Waals surface area contributed by atoms with E-state index in [1.165, 1.54) is 0 Å². The summed E-state index contributed by atoms with van der Waals surface area (Å²) in [6.07, 6.45) is 11.2. The average Bonchev–Trinajstić information content (AvgIpc) is 3.62. The van der Waals surface area contributed by atoms with E-state index in [1.54, 1.807) is 0 Å². The molecule has 0 spiro atoms. The summed E-state index contributed by atoms with van der Waals surface area (Å²) in [7, 11) is 0. The maximum Gasteiger partial charge on any atom is 0.117 e. The van der Waals surface area contributed by atoms with Crippen molar-refractivity contribution in [2.24, 2.45) is 0 Å². The highest BCUT2D eigenvalue weighted by molar-refractivity contribution is 6.21. The summed E-state index contributed by atoms with van der Waals surface area (Å²) >= 11 is 0. The van der Waals surface area contributed by atoms with Crippen molar-refractivity contribution < 1.29 is 0 Å². The van der Waals surface area contributed by atoms with Crippen LogP contribution in [0.15, 0.2) is 146 Å². The molecule has 206 valence electrons. The topological polar surface area (TPSA) is 61.4 Å². The molecule has 6 aromatic heterocycles. The molecule has 0 atom stereocenters. The Balaban J connectivity index is 1.48. The number of fused-ring (bicyclic) bond motifs is 7. The summed E-state index contributed by atoms with van der Waals surface area (Å²) in [5.74, 6) is 0. The van der Waals surface area contributed by atoms with Gasteiger partial charge in [-0.2, -0.15) is 0 Å². The summed E-state index contributed by atoms with van der Waals surface area (Å²) in [6, 6.07) is 38.2. The molecule has 9 rings (SSSR count). The lowest BCUT2D eigenvalue weighted by atomic mass is 9.99. The average molecular weight is 565 g/mol. The van der Waals surface area contributed by atoms with Crippen molar-refractivity contribution in [3.05, 3.63) is 146 Å². The molecule has 0 radical (unpaired) electrons. The summed E-state index contributed by atoms with van der Waals surface area (Å²) in [6.45, 7) is 0. The molecule has 0 N–H and O–H groups in total. The Labute approximate surface area is 252 Å². The van der Waals surface area contributed by atoms with Crippen LogP contribution in [-0.2, 0) is 0 Å². The number of nitrogens with zero attached hydrogens (tertiary/aromatic N) is 6. The Hall–Kier alpha value is -6.14. The van der Waals surface area contributed by atoms with Crippen LogP contribution in [0.2, 0.25) is 0 Å². The van der Waals surface area contributed by atoms with Crippen LogP contribution in [0.3, 0.4) is 0 Å². The first-order valence-electron chi connectivity index (χ1n) is 14.5. The molecule has 9 aromatic rings. The first kappa shape index (κ1) is 24.5. The number of benzene rings is 3. The van der Waals surface area contributed by atoms with Crippen molar-refractivity contribution in [2.45, 2.75) is 0 Å². The van der Waals surface area contributed by atoms with Crippen LogP contribution in [0.1, 0.15) is 0 Å². The Morgan fingerprint density at radius 3 is 1.77 bits per heavy atom. The molecule has 6 heterocycles. The third kappa shape index (κ3) is 3.68. The fraction of sp³-hybridized carbons (Fsp3) is 0. The zero-order valence-electron chi connectivity index (χ0n) is 23.5. The highest BCUT2D eigenvalue weighted by atomic mass is 15.1. The number of para-hydroxylation sites is 2. The van der Waals surface area contributed by atoms with Gasteiger partial charge in [-0.05, 0) is 95.1 Å². The van der Waals surface area contributed by atoms with Crippen LogP contribution in [0.5, 0.6) is 0 Å². The van der Waals surface area contributed by atoms with Crippen molar-refractivity contribution in [1.29, 1.82) is 0 Å². The van der Waals surface area contributed by atoms with E-state index in [2.05, 4.69) is 122 Å². The summed E-state index contributed by atoms with van der Waals surface area (Å²) in [4.78, 5) is 18.5. The molecule has 6 heteroatoms. The molecule has 0 unspecified atom stereocenters. The molecule has 0 fully saturated rings. The molecule has 3 aromatic carbocycles. The van der Waals surface area contributed by atoms with Crippen LogP contribution in [0.4, 0.5) is 0 Å². The SMILES string of the molecule is c1ccc(-n2c3ccccc3c3cnc4c5ncccc5n(-c5cc(-c6ccncc6)cc(-c6ccncc6)c5)c4c32)cc1. The van der Waals surface area contributed by atoms with E-state index in [4.69, 9.17) is 9.97 Å². The second-order valence-corrected chi connectivity index (χ2v) is 10.9. The molecular formula is C38H24N6. The van der Waals surface area contributed by atoms with Gasteiger partial charge >= 0.3 is 0 Å². The summed E-state index contributed by atoms with van der Waals surface area (Å²) in [5.41, 5.74) is 12.5. The van der Waals surface area contributed by atoms with Crippen molar-refractivity contribution in [3.8, 4) is 33.6 Å². The van der Waals surface area contributed by atoms with Crippen LogP contribution in [0, 0.1) is 0 Å². The van der Waals surface area contributed by atoms with Gasteiger partial charge in [-0.1, -0.05) is 36.4 Å². The number of pyridine rings is 4. The normalized spacial score (nSPS) is 11.6. The van der Waals surface area contributed by atoms with E-state index in [9.17, 15) is 0 Å². The van der Waals surface area contributed by atoms with Gasteiger partial charge in [0.05, 0.1) is 22.1 Å². The van der Waals surface area contributed by atoms with E-state index in [1.807, 2.05) is 43.2 Å². The molecule has 0 saturated carbocycles. The van der Waals surface area contributed by atoms with Crippen molar-refractivity contribution >= 4 is 43.9 Å². The smallest absolute Gasteiger partial charge is 0.117 e. The van der Waals surface area contributed by atoms with Crippen LogP contribution >= 0.6 is 0 Å². The first-order valence-corrected chi connectivity index (χ1v) is 14.5. The number of hydrogen-bond acceptors (Lipinski definition) is 4. The Morgan fingerprint density at radius 1 is 0.409 bits per heavy atom. The van der Waals surface area contributed by atoms with Crippen LogP contribution < -0.4 is 0 Å². The Morgan fingerprint density at radius 2 is 1.05 bits per heavy atom. The molecule has 0 aliphatic carbocycles. The highest BCUT2D eigenvalue weighted by Crippen LogP contribution is 2.41. The van der Waals surface area contributed by atoms with Gasteiger partial charge in [0, 0.05) is 59.3 Å². The molecular weight excluding hydrogens is 540 g/mol. The lowest BCUT2D eigenvalue weighted by molar-refractivity contribution is 1.14. The maximum atomic E-state index is 5.09. The predicted octanol–water partition coefficient (Wildman–Crippen LogP) is 8.79. The standard InChI is InChI=1S/C38H24N6/c1-2-7-29(8-3-1)43-33-10-5-4-9-31(33)32-24-42-36-35-34(11-6-16-41-35)44(38(36)37(32)43)30-22-27(25-12-17-39-18-13-25)21-28(23-30)26-14-19-40-20-15-26/h1-24H. The zero-order valence-corrected chi connectivity index (χ0v) is 23.5. The van der Waals surface area contributed by atoms with Crippen molar-refractivity contribution in [1.82, 2.24) is 29.1 Å². The quantitative estimate of drug-likeness (QED) is 0.214. The largest absolute Gasteiger partial charge is 0.307 e. The van der Waals surface area contributed by atoms with Gasteiger partial charge in [0.2, 0.25) is 0 Å². The zero-order chi connectivity index (χ0) is 29.0. The van der Waals surface area contributed by atoms with Crippen LogP contribution in [-0.4, -0.2) is 29.1 Å². The fourth-order valence-corrected chi connectivity index (χ4v) is 6.47. The third-order valence-electron chi connectivity index (χ3n) is 8.38. The minimum Gasteiger partial charge on any atom is -0.307 e. The molecule has 0 amide bonds. The molecule has 44 heavy (non-hydrogen) atoms. The van der Waals surface area contributed by atoms with Gasteiger partial charge in [-0.3, -0.25) is 19.9 Å². The molecule has 0 aliphatic rings. The van der Waals surface area contributed by atoms with Gasteiger partial charge in [-0.25, -0.2) is 0 Å². The van der Waals surface area contributed by atoms with E-state index in [0.717, 1.165) is 77.5 Å². The van der Waals surface area contributed by atoms with Gasteiger partial charge in [0.25, 0.3) is 0 Å². The lowest BCUT2D eigenvalue weighted by Crippen LogP contribution is -2.00. The van der Waals surface area contributed by atoms with Gasteiger partial charge in [-0.15, -0.1) is 0 Å². The van der Waals surface area contributed by atoms with Gasteiger partial charge in [0.15, 0.2) is 0 Å². The summed E-state index contributed by atoms with van der Waals surface area (Å²) < 4.78 is 4.70. The third-order valence-corrected chi connectivity index (χ3v) is 8.38. The number of hydrogen-bond donors (Lipinski definition) is 0. The maximum absolute atomic E-state index is 5.09. The highest BCUT2D eigenvalue weighted by Gasteiger charge is 2.23. The van der Waals surface area contributed by atoms with Gasteiger partial charge in [0.1, 0.15) is 11.0 Å². The Bertz CT molecular complexity index is 2420.